The van der Waals surface area contributed by atoms with Crippen LogP contribution in [0.15, 0.2) is 34.2 Å². The molecule has 0 atom stereocenters. The summed E-state index contributed by atoms with van der Waals surface area (Å²) in [5.41, 5.74) is 7.47. The minimum absolute atomic E-state index is 0.119. The number of nitrogens with two attached hydrogens (primary N) is 1. The number of halogens is 2. The van der Waals surface area contributed by atoms with Crippen molar-refractivity contribution in [1.82, 2.24) is 5.16 Å². The molecule has 3 rings (SSSR count). The highest BCUT2D eigenvalue weighted by Crippen LogP contribution is 2.44. The zero-order chi connectivity index (χ0) is 15.0. The van der Waals surface area contributed by atoms with Crippen molar-refractivity contribution in [3.63, 3.8) is 0 Å². The number of aromatic nitrogens is 1. The van der Waals surface area contributed by atoms with Crippen molar-refractivity contribution in [2.45, 2.75) is 0 Å². The Kier molecular flexibility index (Phi) is 3.57. The third kappa shape index (κ3) is 2.36. The van der Waals surface area contributed by atoms with Gasteiger partial charge in [-0.1, -0.05) is 16.8 Å². The summed E-state index contributed by atoms with van der Waals surface area (Å²) >= 11 is 7.55. The highest BCUT2D eigenvalue weighted by atomic mass is 35.5. The topological polar surface area (TPSA) is 61.3 Å². The highest BCUT2D eigenvalue weighted by molar-refractivity contribution is 7.14. The van der Waals surface area contributed by atoms with Crippen LogP contribution in [0, 0.1) is 5.82 Å². The fourth-order valence-corrected chi connectivity index (χ4v) is 3.15. The summed E-state index contributed by atoms with van der Waals surface area (Å²) in [5, 5.41) is 6.09. The van der Waals surface area contributed by atoms with E-state index in [1.165, 1.54) is 23.5 Å². The number of rotatable bonds is 3. The monoisotopic (exact) mass is 324 g/mol. The average molecular weight is 325 g/mol. The summed E-state index contributed by atoms with van der Waals surface area (Å²) in [6, 6.07) is 5.90. The molecular formula is C14H10ClFN2O2S. The van der Waals surface area contributed by atoms with Gasteiger partial charge in [0.25, 0.3) is 0 Å². The van der Waals surface area contributed by atoms with E-state index in [0.717, 1.165) is 4.88 Å². The van der Waals surface area contributed by atoms with Gasteiger partial charge in [-0.3, -0.25) is 0 Å². The molecule has 2 N–H and O–H groups in total. The van der Waals surface area contributed by atoms with E-state index in [4.69, 9.17) is 26.6 Å². The zero-order valence-corrected chi connectivity index (χ0v) is 12.5. The summed E-state index contributed by atoms with van der Waals surface area (Å²) in [6.45, 7) is 0. The van der Waals surface area contributed by atoms with E-state index >= 15 is 0 Å². The van der Waals surface area contributed by atoms with Crippen LogP contribution in [0.2, 0.25) is 5.02 Å². The second-order valence-electron chi connectivity index (χ2n) is 4.21. The van der Waals surface area contributed by atoms with Crippen LogP contribution >= 0.6 is 22.9 Å². The van der Waals surface area contributed by atoms with Gasteiger partial charge in [0, 0.05) is 5.56 Å². The third-order valence-corrected chi connectivity index (χ3v) is 4.20. The van der Waals surface area contributed by atoms with Crippen LogP contribution in [0.4, 0.5) is 10.3 Å². The van der Waals surface area contributed by atoms with Crippen molar-refractivity contribution in [1.29, 1.82) is 0 Å². The summed E-state index contributed by atoms with van der Waals surface area (Å²) in [4.78, 5) is 0.772. The predicted octanol–water partition coefficient (Wildman–Crippen LogP) is 4.45. The number of nitrogens with zero attached hydrogens (tertiary/aromatic N) is 1. The Morgan fingerprint density at radius 2 is 2.19 bits per heavy atom. The quantitative estimate of drug-likeness (QED) is 0.773. The zero-order valence-electron chi connectivity index (χ0n) is 10.9. The first kappa shape index (κ1) is 13.9. The van der Waals surface area contributed by atoms with Gasteiger partial charge in [0.15, 0.2) is 0 Å². The Labute approximate surface area is 128 Å². The lowest BCUT2D eigenvalue weighted by molar-refractivity contribution is 0.416. The molecule has 0 unspecified atom stereocenters. The molecule has 1 aromatic carbocycles. The Morgan fingerprint density at radius 3 is 2.90 bits per heavy atom. The molecule has 0 bridgehead atoms. The minimum atomic E-state index is -0.422. The first-order chi connectivity index (χ1) is 10.1. The minimum Gasteiger partial charge on any atom is -0.495 e. The van der Waals surface area contributed by atoms with Gasteiger partial charge in [0.05, 0.1) is 22.6 Å². The maximum atomic E-state index is 13.2. The fraction of sp³-hybridized carbons (Fsp3) is 0.0714. The van der Waals surface area contributed by atoms with Crippen LogP contribution in [0.1, 0.15) is 0 Å². The van der Waals surface area contributed by atoms with Crippen LogP contribution in [0.5, 0.6) is 5.75 Å². The van der Waals surface area contributed by atoms with Gasteiger partial charge < -0.3 is 15.0 Å². The molecule has 0 spiro atoms. The largest absolute Gasteiger partial charge is 0.495 e. The molecule has 0 saturated heterocycles. The lowest BCUT2D eigenvalue weighted by atomic mass is 10.0. The number of benzene rings is 1. The van der Waals surface area contributed by atoms with Gasteiger partial charge in [-0.2, -0.15) is 0 Å². The molecule has 108 valence electrons. The highest BCUT2D eigenvalue weighted by Gasteiger charge is 2.23. The van der Waals surface area contributed by atoms with Crippen molar-refractivity contribution < 1.29 is 13.7 Å². The van der Waals surface area contributed by atoms with Gasteiger partial charge in [0.2, 0.25) is 5.88 Å². The van der Waals surface area contributed by atoms with Crippen LogP contribution in [0.3, 0.4) is 0 Å². The maximum Gasteiger partial charge on any atom is 0.230 e. The molecule has 0 aliphatic heterocycles. The van der Waals surface area contributed by atoms with E-state index in [0.29, 0.717) is 22.6 Å². The van der Waals surface area contributed by atoms with Gasteiger partial charge >= 0.3 is 0 Å². The van der Waals surface area contributed by atoms with Crippen LogP contribution < -0.4 is 10.5 Å². The summed E-state index contributed by atoms with van der Waals surface area (Å²) in [5.74, 6) is 0.357. The molecule has 0 amide bonds. The van der Waals surface area contributed by atoms with Crippen LogP contribution in [0.25, 0.3) is 21.7 Å². The molecule has 4 nitrogen and oxygen atoms in total. The van der Waals surface area contributed by atoms with Crippen molar-refractivity contribution >= 4 is 28.8 Å². The van der Waals surface area contributed by atoms with E-state index in [1.807, 2.05) is 11.4 Å². The molecule has 2 heterocycles. The van der Waals surface area contributed by atoms with Crippen LogP contribution in [-0.4, -0.2) is 12.3 Å². The molecular weight excluding hydrogens is 315 g/mol. The van der Waals surface area contributed by atoms with Gasteiger partial charge in [-0.05, 0) is 29.6 Å². The van der Waals surface area contributed by atoms with Crippen molar-refractivity contribution in [3.8, 4) is 27.4 Å². The second-order valence-corrected chi connectivity index (χ2v) is 5.54. The molecule has 3 aromatic rings. The van der Waals surface area contributed by atoms with Crippen molar-refractivity contribution in [2.75, 3.05) is 12.8 Å². The molecule has 7 heteroatoms. The summed E-state index contributed by atoms with van der Waals surface area (Å²) in [6.07, 6.45) is 0. The molecule has 21 heavy (non-hydrogen) atoms. The SMILES string of the molecule is COc1ccsc1-c1noc(N)c1-c1ccc(F)cc1Cl. The Bertz CT molecular complexity index is 800. The van der Waals surface area contributed by atoms with Gasteiger partial charge in [0.1, 0.15) is 17.3 Å². The fourth-order valence-electron chi connectivity index (χ4n) is 2.04. The van der Waals surface area contributed by atoms with Crippen molar-refractivity contribution in [3.05, 3.63) is 40.5 Å². The van der Waals surface area contributed by atoms with Crippen LogP contribution in [-0.2, 0) is 0 Å². The van der Waals surface area contributed by atoms with Gasteiger partial charge in [-0.25, -0.2) is 4.39 Å². The predicted molar refractivity (Wildman–Crippen MR) is 81.2 cm³/mol. The number of hydrogen-bond donors (Lipinski definition) is 1. The number of nitrogen functional groups attached to an aromatic ring is 1. The Hall–Kier alpha value is -2.05. The molecule has 0 fully saturated rings. The lowest BCUT2D eigenvalue weighted by Crippen LogP contribution is -1.90. The Morgan fingerprint density at radius 1 is 1.38 bits per heavy atom. The van der Waals surface area contributed by atoms with E-state index in [-0.39, 0.29) is 10.9 Å². The maximum absolute atomic E-state index is 13.2. The van der Waals surface area contributed by atoms with Crippen molar-refractivity contribution in [2.24, 2.45) is 0 Å². The third-order valence-electron chi connectivity index (χ3n) is 2.98. The number of ether oxygens (including phenoxy) is 1. The van der Waals surface area contributed by atoms with E-state index in [9.17, 15) is 4.39 Å². The van der Waals surface area contributed by atoms with E-state index in [2.05, 4.69) is 5.16 Å². The van der Waals surface area contributed by atoms with E-state index in [1.54, 1.807) is 13.2 Å². The average Bonchev–Trinajstić information content (AvgIpc) is 3.05. The number of thiophene rings is 1. The number of anilines is 1. The molecule has 0 radical (unpaired) electrons. The second kappa shape index (κ2) is 5.38. The smallest absolute Gasteiger partial charge is 0.230 e. The Balaban J connectivity index is 2.22. The molecule has 0 saturated carbocycles. The standard InChI is InChI=1S/C14H10ClFN2O2S/c1-19-10-4-5-21-13(10)12-11(14(17)20-18-12)8-3-2-7(16)6-9(8)15/h2-6H,17H2,1H3. The first-order valence-corrected chi connectivity index (χ1v) is 7.20. The first-order valence-electron chi connectivity index (χ1n) is 5.94. The molecule has 0 aliphatic carbocycles. The molecule has 0 aliphatic rings. The summed E-state index contributed by atoms with van der Waals surface area (Å²) in [7, 11) is 1.57. The number of methoxy groups -OCH3 is 1. The molecule has 2 aromatic heterocycles. The van der Waals surface area contributed by atoms with E-state index < -0.39 is 5.82 Å². The normalized spacial score (nSPS) is 10.8. The number of hydrogen-bond acceptors (Lipinski definition) is 5. The summed E-state index contributed by atoms with van der Waals surface area (Å²) < 4.78 is 23.6. The van der Waals surface area contributed by atoms with Gasteiger partial charge in [-0.15, -0.1) is 11.3 Å². The lowest BCUT2D eigenvalue weighted by Gasteiger charge is -2.05.